The molecule has 0 aromatic heterocycles. The summed E-state index contributed by atoms with van der Waals surface area (Å²) in [6, 6.07) is 9.00. The summed E-state index contributed by atoms with van der Waals surface area (Å²) in [5.74, 6) is -0.805. The van der Waals surface area contributed by atoms with Crippen molar-refractivity contribution in [3.63, 3.8) is 0 Å². The van der Waals surface area contributed by atoms with E-state index >= 15 is 0 Å². The molecule has 1 aromatic carbocycles. The molecule has 0 aliphatic heterocycles. The lowest BCUT2D eigenvalue weighted by molar-refractivity contribution is -0.112. The third kappa shape index (κ3) is 3.85. The molecule has 4 nitrogen and oxygen atoms in total. The fourth-order valence-corrected chi connectivity index (χ4v) is 1.50. The number of hydrogen-bond donors (Lipinski definition) is 2. The number of aliphatic hydroxyl groups excluding tert-OH is 1. The number of rotatable bonds is 2. The molecule has 1 aromatic rings. The van der Waals surface area contributed by atoms with Crippen LogP contribution in [0.4, 0.5) is 5.69 Å². The lowest BCUT2D eigenvalue weighted by Crippen LogP contribution is -2.20. The summed E-state index contributed by atoms with van der Waals surface area (Å²) in [7, 11) is 0. The van der Waals surface area contributed by atoms with E-state index in [-0.39, 0.29) is 11.3 Å². The molecule has 0 fully saturated rings. The second kappa shape index (κ2) is 5.57. The first-order valence-corrected chi connectivity index (χ1v) is 5.97. The molecule has 100 valence electrons. The quantitative estimate of drug-likeness (QED) is 0.485. The van der Waals surface area contributed by atoms with E-state index in [1.54, 1.807) is 39.0 Å². The van der Waals surface area contributed by atoms with Gasteiger partial charge in [0.05, 0.1) is 0 Å². The largest absolute Gasteiger partial charge is 0.510 e. The summed E-state index contributed by atoms with van der Waals surface area (Å²) in [4.78, 5) is 12.0. The number of aryl methyl sites for hydroxylation is 1. The van der Waals surface area contributed by atoms with Crippen LogP contribution in [0.1, 0.15) is 26.3 Å². The van der Waals surface area contributed by atoms with Crippen molar-refractivity contribution in [2.75, 3.05) is 5.32 Å². The summed E-state index contributed by atoms with van der Waals surface area (Å²) < 4.78 is 0. The van der Waals surface area contributed by atoms with Crippen LogP contribution in [0, 0.1) is 23.7 Å². The van der Waals surface area contributed by atoms with Gasteiger partial charge in [0, 0.05) is 11.1 Å². The highest BCUT2D eigenvalue weighted by atomic mass is 16.3. The summed E-state index contributed by atoms with van der Waals surface area (Å²) in [5.41, 5.74) is 0.698. The predicted octanol–water partition coefficient (Wildman–Crippen LogP) is 3.32. The lowest BCUT2D eigenvalue weighted by Gasteiger charge is -2.18. The first kappa shape index (κ1) is 14.8. The number of anilines is 1. The Morgan fingerprint density at radius 3 is 2.47 bits per heavy atom. The molecule has 0 saturated carbocycles. The standard InChI is InChI=1S/C15H18N2O2/c1-10-6-5-7-11(8-10)17-14(19)12(9-16)13(18)15(2,3)4/h5-8,18H,1-4H3,(H,17,19)/b13-12-. The van der Waals surface area contributed by atoms with Crippen molar-refractivity contribution in [3.05, 3.63) is 41.2 Å². The number of hydrogen-bond acceptors (Lipinski definition) is 3. The Balaban J connectivity index is 3.03. The molecule has 0 aliphatic carbocycles. The van der Waals surface area contributed by atoms with Gasteiger partial charge in [-0.05, 0) is 24.6 Å². The van der Waals surface area contributed by atoms with Crippen LogP contribution in [0.5, 0.6) is 0 Å². The molecule has 0 spiro atoms. The number of carbonyl (C=O) groups is 1. The molecular weight excluding hydrogens is 240 g/mol. The van der Waals surface area contributed by atoms with E-state index in [0.717, 1.165) is 5.56 Å². The number of amides is 1. The number of carbonyl (C=O) groups excluding carboxylic acids is 1. The highest BCUT2D eigenvalue weighted by Crippen LogP contribution is 2.26. The monoisotopic (exact) mass is 258 g/mol. The lowest BCUT2D eigenvalue weighted by atomic mass is 9.90. The van der Waals surface area contributed by atoms with E-state index in [4.69, 9.17) is 5.26 Å². The Morgan fingerprint density at radius 1 is 1.37 bits per heavy atom. The van der Waals surface area contributed by atoms with Gasteiger partial charge in [0.25, 0.3) is 5.91 Å². The number of allylic oxidation sites excluding steroid dienone is 1. The number of nitriles is 1. The molecule has 0 atom stereocenters. The number of aliphatic hydroxyl groups is 1. The Bertz CT molecular complexity index is 560. The van der Waals surface area contributed by atoms with Crippen LogP contribution in [0.15, 0.2) is 35.6 Å². The molecule has 0 unspecified atom stereocenters. The first-order valence-electron chi connectivity index (χ1n) is 5.97. The van der Waals surface area contributed by atoms with Crippen LogP contribution in [-0.4, -0.2) is 11.0 Å². The molecular formula is C15H18N2O2. The van der Waals surface area contributed by atoms with E-state index in [0.29, 0.717) is 5.69 Å². The van der Waals surface area contributed by atoms with Crippen LogP contribution in [0.2, 0.25) is 0 Å². The minimum Gasteiger partial charge on any atom is -0.510 e. The van der Waals surface area contributed by atoms with Gasteiger partial charge in [-0.15, -0.1) is 0 Å². The molecule has 2 N–H and O–H groups in total. The molecule has 0 aliphatic rings. The van der Waals surface area contributed by atoms with Crippen LogP contribution in [0.3, 0.4) is 0 Å². The summed E-state index contributed by atoms with van der Waals surface area (Å²) >= 11 is 0. The average Bonchev–Trinajstić information content (AvgIpc) is 2.28. The van der Waals surface area contributed by atoms with Crippen molar-refractivity contribution < 1.29 is 9.90 Å². The van der Waals surface area contributed by atoms with Crippen LogP contribution in [-0.2, 0) is 4.79 Å². The molecule has 0 heterocycles. The fraction of sp³-hybridized carbons (Fsp3) is 0.333. The zero-order valence-electron chi connectivity index (χ0n) is 11.6. The minimum absolute atomic E-state index is 0.208. The minimum atomic E-state index is -0.644. The smallest absolute Gasteiger partial charge is 0.269 e. The van der Waals surface area contributed by atoms with Crippen molar-refractivity contribution in [3.8, 4) is 6.07 Å². The predicted molar refractivity (Wildman–Crippen MR) is 74.5 cm³/mol. The molecule has 0 radical (unpaired) electrons. The topological polar surface area (TPSA) is 73.1 Å². The van der Waals surface area contributed by atoms with E-state index in [1.165, 1.54) is 0 Å². The van der Waals surface area contributed by atoms with E-state index in [1.807, 2.05) is 19.1 Å². The van der Waals surface area contributed by atoms with Gasteiger partial charge < -0.3 is 10.4 Å². The SMILES string of the molecule is Cc1cccc(NC(=O)/C(C#N)=C(\O)C(C)(C)C)c1. The van der Waals surface area contributed by atoms with Crippen molar-refractivity contribution in [2.45, 2.75) is 27.7 Å². The normalized spacial score (nSPS) is 12.4. The number of nitrogens with one attached hydrogen (secondary N) is 1. The maximum atomic E-state index is 12.0. The van der Waals surface area contributed by atoms with Crippen molar-refractivity contribution >= 4 is 11.6 Å². The van der Waals surface area contributed by atoms with Gasteiger partial charge in [0.15, 0.2) is 5.57 Å². The Labute approximate surface area is 113 Å². The van der Waals surface area contributed by atoms with E-state index in [2.05, 4.69) is 5.32 Å². The second-order valence-electron chi connectivity index (χ2n) is 5.41. The first-order chi connectivity index (χ1) is 8.75. The Kier molecular flexibility index (Phi) is 4.34. The average molecular weight is 258 g/mol. The summed E-state index contributed by atoms with van der Waals surface area (Å²) in [6.45, 7) is 7.11. The van der Waals surface area contributed by atoms with Gasteiger partial charge in [0.1, 0.15) is 11.8 Å². The van der Waals surface area contributed by atoms with Crippen molar-refractivity contribution in [1.82, 2.24) is 0 Å². The van der Waals surface area contributed by atoms with Crippen LogP contribution in [0.25, 0.3) is 0 Å². The third-order valence-corrected chi connectivity index (χ3v) is 2.56. The molecule has 4 heteroatoms. The molecule has 0 saturated heterocycles. The number of benzene rings is 1. The zero-order valence-corrected chi connectivity index (χ0v) is 11.6. The van der Waals surface area contributed by atoms with Crippen molar-refractivity contribution in [2.24, 2.45) is 5.41 Å². The van der Waals surface area contributed by atoms with Gasteiger partial charge in [0.2, 0.25) is 0 Å². The van der Waals surface area contributed by atoms with Crippen LogP contribution >= 0.6 is 0 Å². The van der Waals surface area contributed by atoms with Gasteiger partial charge in [-0.1, -0.05) is 32.9 Å². The van der Waals surface area contributed by atoms with Gasteiger partial charge in [-0.3, -0.25) is 4.79 Å². The molecule has 1 rings (SSSR count). The summed E-state index contributed by atoms with van der Waals surface area (Å²) in [5, 5.41) is 21.6. The molecule has 19 heavy (non-hydrogen) atoms. The fourth-order valence-electron chi connectivity index (χ4n) is 1.50. The van der Waals surface area contributed by atoms with Gasteiger partial charge >= 0.3 is 0 Å². The van der Waals surface area contributed by atoms with E-state index < -0.39 is 11.3 Å². The third-order valence-electron chi connectivity index (χ3n) is 2.56. The van der Waals surface area contributed by atoms with Crippen molar-refractivity contribution in [1.29, 1.82) is 5.26 Å². The van der Waals surface area contributed by atoms with Gasteiger partial charge in [-0.25, -0.2) is 0 Å². The molecule has 1 amide bonds. The van der Waals surface area contributed by atoms with Crippen LogP contribution < -0.4 is 5.32 Å². The maximum absolute atomic E-state index is 12.0. The maximum Gasteiger partial charge on any atom is 0.269 e. The summed E-state index contributed by atoms with van der Waals surface area (Å²) in [6.07, 6.45) is 0. The highest BCUT2D eigenvalue weighted by Gasteiger charge is 2.25. The Morgan fingerprint density at radius 2 is 2.00 bits per heavy atom. The number of nitrogens with zero attached hydrogens (tertiary/aromatic N) is 1. The van der Waals surface area contributed by atoms with Gasteiger partial charge in [-0.2, -0.15) is 5.26 Å². The zero-order chi connectivity index (χ0) is 14.6. The Hall–Kier alpha value is -2.28. The highest BCUT2D eigenvalue weighted by molar-refractivity contribution is 6.07. The molecule has 0 bridgehead atoms. The second-order valence-corrected chi connectivity index (χ2v) is 5.41. The van der Waals surface area contributed by atoms with E-state index in [9.17, 15) is 9.90 Å².